The molecule has 3 nitrogen and oxygen atoms in total. The second kappa shape index (κ2) is 6.91. The molecule has 0 unspecified atom stereocenters. The van der Waals surface area contributed by atoms with Crippen molar-refractivity contribution in [1.82, 2.24) is 9.78 Å². The average Bonchev–Trinajstić information content (AvgIpc) is 2.90. The summed E-state index contributed by atoms with van der Waals surface area (Å²) in [5.41, 5.74) is 6.08. The second-order valence-corrected chi connectivity index (χ2v) is 6.36. The van der Waals surface area contributed by atoms with Crippen LogP contribution in [-0.4, -0.2) is 14.9 Å². The Kier molecular flexibility index (Phi) is 4.70. The summed E-state index contributed by atoms with van der Waals surface area (Å²) >= 11 is 0. The zero-order valence-corrected chi connectivity index (χ0v) is 14.6. The Morgan fingerprint density at radius 1 is 0.958 bits per heavy atom. The van der Waals surface area contributed by atoms with Crippen molar-refractivity contribution in [2.75, 3.05) is 0 Å². The zero-order valence-electron chi connectivity index (χ0n) is 14.6. The van der Waals surface area contributed by atoms with Gasteiger partial charge in [0.1, 0.15) is 5.69 Å². The monoisotopic (exact) mass is 320 g/mol. The van der Waals surface area contributed by atoms with Crippen LogP contribution in [-0.2, 0) is 6.54 Å². The molecule has 3 rings (SSSR count). The topological polar surface area (TPSA) is 38.0 Å². The highest BCUT2D eigenvalue weighted by Gasteiger charge is 2.20. The van der Waals surface area contributed by atoms with Crippen molar-refractivity contribution in [3.8, 4) is 28.3 Å². The average molecular weight is 320 g/mol. The number of unbranched alkanes of at least 4 members (excludes halogenated alkanes) is 1. The Bertz CT molecular complexity index is 832. The third-order valence-electron chi connectivity index (χ3n) is 4.28. The van der Waals surface area contributed by atoms with Crippen molar-refractivity contribution in [2.45, 2.75) is 40.2 Å². The molecule has 1 N–H and O–H groups in total. The predicted octanol–water partition coefficient (Wildman–Crippen LogP) is 5.34. The van der Waals surface area contributed by atoms with Crippen LogP contribution in [0.4, 0.5) is 0 Å². The Morgan fingerprint density at radius 2 is 1.71 bits per heavy atom. The number of hydrogen-bond donors (Lipinski definition) is 1. The van der Waals surface area contributed by atoms with Gasteiger partial charge >= 0.3 is 0 Å². The van der Waals surface area contributed by atoms with E-state index >= 15 is 0 Å². The largest absolute Gasteiger partial charge is 0.493 e. The van der Waals surface area contributed by atoms with Crippen molar-refractivity contribution >= 4 is 0 Å². The molecule has 0 saturated carbocycles. The molecule has 0 aliphatic heterocycles. The summed E-state index contributed by atoms with van der Waals surface area (Å²) in [7, 11) is 0. The number of hydrogen-bond acceptors (Lipinski definition) is 2. The smallest absolute Gasteiger partial charge is 0.218 e. The summed E-state index contributed by atoms with van der Waals surface area (Å²) in [5.74, 6) is 0.254. The standard InChI is InChI=1S/C21H24N2O/c1-4-5-13-23-21(24)19(17-11-9-15(2)10-12-17)20(22-23)18-8-6-7-16(3)14-18/h6-12,14,24H,4-5,13H2,1-3H3. The van der Waals surface area contributed by atoms with Gasteiger partial charge in [-0.3, -0.25) is 0 Å². The maximum absolute atomic E-state index is 10.8. The Morgan fingerprint density at radius 3 is 2.38 bits per heavy atom. The van der Waals surface area contributed by atoms with Gasteiger partial charge in [-0.15, -0.1) is 0 Å². The van der Waals surface area contributed by atoms with Gasteiger partial charge in [0, 0.05) is 12.1 Å². The van der Waals surface area contributed by atoms with Gasteiger partial charge in [-0.25, -0.2) is 4.68 Å². The number of aromatic hydroxyl groups is 1. The van der Waals surface area contributed by atoms with Gasteiger partial charge in [0.05, 0.1) is 5.56 Å². The van der Waals surface area contributed by atoms with Crippen LogP contribution in [0.15, 0.2) is 48.5 Å². The fourth-order valence-electron chi connectivity index (χ4n) is 2.90. The van der Waals surface area contributed by atoms with Crippen LogP contribution in [0.2, 0.25) is 0 Å². The number of aromatic nitrogens is 2. The van der Waals surface area contributed by atoms with Gasteiger partial charge in [-0.05, 0) is 31.9 Å². The van der Waals surface area contributed by atoms with E-state index in [2.05, 4.69) is 63.2 Å². The molecule has 24 heavy (non-hydrogen) atoms. The van der Waals surface area contributed by atoms with Crippen molar-refractivity contribution in [2.24, 2.45) is 0 Å². The minimum Gasteiger partial charge on any atom is -0.493 e. The number of aryl methyl sites for hydroxylation is 3. The lowest BCUT2D eigenvalue weighted by molar-refractivity contribution is 0.395. The summed E-state index contributed by atoms with van der Waals surface area (Å²) in [6, 6.07) is 16.5. The van der Waals surface area contributed by atoms with E-state index in [1.807, 2.05) is 6.07 Å². The molecule has 0 atom stereocenters. The third-order valence-corrected chi connectivity index (χ3v) is 4.28. The molecular formula is C21H24N2O. The Balaban J connectivity index is 2.17. The maximum atomic E-state index is 10.8. The normalized spacial score (nSPS) is 11.0. The molecular weight excluding hydrogens is 296 g/mol. The molecule has 0 aliphatic carbocycles. The van der Waals surface area contributed by atoms with Crippen LogP contribution in [0.3, 0.4) is 0 Å². The summed E-state index contributed by atoms with van der Waals surface area (Å²) in [4.78, 5) is 0. The lowest BCUT2D eigenvalue weighted by Gasteiger charge is -2.05. The van der Waals surface area contributed by atoms with Gasteiger partial charge in [-0.2, -0.15) is 5.10 Å². The van der Waals surface area contributed by atoms with Crippen molar-refractivity contribution in [3.63, 3.8) is 0 Å². The number of nitrogens with zero attached hydrogens (tertiary/aromatic N) is 2. The van der Waals surface area contributed by atoms with Crippen LogP contribution in [0.1, 0.15) is 30.9 Å². The molecule has 3 aromatic rings. The van der Waals surface area contributed by atoms with Gasteiger partial charge in [-0.1, -0.05) is 66.9 Å². The minimum atomic E-state index is 0.254. The van der Waals surface area contributed by atoms with E-state index in [4.69, 9.17) is 5.10 Å². The van der Waals surface area contributed by atoms with Crippen LogP contribution in [0.5, 0.6) is 5.88 Å². The molecule has 0 amide bonds. The lowest BCUT2D eigenvalue weighted by Crippen LogP contribution is -1.99. The quantitative estimate of drug-likeness (QED) is 0.689. The van der Waals surface area contributed by atoms with E-state index in [1.165, 1.54) is 11.1 Å². The minimum absolute atomic E-state index is 0.254. The lowest BCUT2D eigenvalue weighted by atomic mass is 9.99. The van der Waals surface area contributed by atoms with E-state index in [0.717, 1.165) is 41.8 Å². The summed E-state index contributed by atoms with van der Waals surface area (Å²) < 4.78 is 1.73. The first-order valence-electron chi connectivity index (χ1n) is 8.54. The highest BCUT2D eigenvalue weighted by molar-refractivity contribution is 5.84. The summed E-state index contributed by atoms with van der Waals surface area (Å²) in [6.07, 6.45) is 2.06. The second-order valence-electron chi connectivity index (χ2n) is 6.36. The third kappa shape index (κ3) is 3.21. The summed E-state index contributed by atoms with van der Waals surface area (Å²) in [6.45, 7) is 7.01. The van der Waals surface area contributed by atoms with Gasteiger partial charge in [0.2, 0.25) is 5.88 Å². The van der Waals surface area contributed by atoms with Crippen LogP contribution >= 0.6 is 0 Å². The van der Waals surface area contributed by atoms with E-state index < -0.39 is 0 Å². The molecule has 3 heteroatoms. The summed E-state index contributed by atoms with van der Waals surface area (Å²) in [5, 5.41) is 15.5. The number of benzene rings is 2. The van der Waals surface area contributed by atoms with E-state index in [-0.39, 0.29) is 5.88 Å². The van der Waals surface area contributed by atoms with Crippen molar-refractivity contribution in [1.29, 1.82) is 0 Å². The Labute approximate surface area is 143 Å². The first kappa shape index (κ1) is 16.3. The van der Waals surface area contributed by atoms with E-state index in [9.17, 15) is 5.11 Å². The van der Waals surface area contributed by atoms with E-state index in [1.54, 1.807) is 4.68 Å². The molecule has 1 heterocycles. The molecule has 124 valence electrons. The predicted molar refractivity (Wildman–Crippen MR) is 99.1 cm³/mol. The fraction of sp³-hybridized carbons (Fsp3) is 0.286. The molecule has 0 spiro atoms. The molecule has 0 fully saturated rings. The SMILES string of the molecule is CCCCn1nc(-c2cccc(C)c2)c(-c2ccc(C)cc2)c1O. The molecule has 1 aromatic heterocycles. The van der Waals surface area contributed by atoms with Crippen LogP contribution in [0, 0.1) is 13.8 Å². The first-order valence-corrected chi connectivity index (χ1v) is 8.54. The molecule has 0 radical (unpaired) electrons. The van der Waals surface area contributed by atoms with Gasteiger partial charge in [0.15, 0.2) is 0 Å². The molecule has 2 aromatic carbocycles. The van der Waals surface area contributed by atoms with Crippen molar-refractivity contribution < 1.29 is 5.11 Å². The zero-order chi connectivity index (χ0) is 17.1. The van der Waals surface area contributed by atoms with Crippen LogP contribution < -0.4 is 0 Å². The maximum Gasteiger partial charge on any atom is 0.218 e. The van der Waals surface area contributed by atoms with Gasteiger partial charge in [0.25, 0.3) is 0 Å². The fourth-order valence-corrected chi connectivity index (χ4v) is 2.90. The van der Waals surface area contributed by atoms with Crippen LogP contribution in [0.25, 0.3) is 22.4 Å². The highest BCUT2D eigenvalue weighted by Crippen LogP contribution is 2.38. The highest BCUT2D eigenvalue weighted by atomic mass is 16.3. The molecule has 0 bridgehead atoms. The Hall–Kier alpha value is -2.55. The first-order chi connectivity index (χ1) is 11.6. The number of rotatable bonds is 5. The molecule has 0 saturated heterocycles. The van der Waals surface area contributed by atoms with Gasteiger partial charge < -0.3 is 5.11 Å². The van der Waals surface area contributed by atoms with E-state index in [0.29, 0.717) is 0 Å². The van der Waals surface area contributed by atoms with Crippen molar-refractivity contribution in [3.05, 3.63) is 59.7 Å². The molecule has 0 aliphatic rings.